The fraction of sp³-hybridized carbons (Fsp3) is 0.286. The molecule has 4 heterocycles. The summed E-state index contributed by atoms with van der Waals surface area (Å²) in [5.41, 5.74) is 4.92. The molecule has 10 heteroatoms. The van der Waals surface area contributed by atoms with Crippen LogP contribution in [0.3, 0.4) is 0 Å². The Bertz CT molecular complexity index is 1340. The lowest BCUT2D eigenvalue weighted by molar-refractivity contribution is -0.122. The van der Waals surface area contributed by atoms with Gasteiger partial charge in [0.05, 0.1) is 34.0 Å². The summed E-state index contributed by atoms with van der Waals surface area (Å²) in [5.74, 6) is 0.280. The van der Waals surface area contributed by atoms with E-state index in [0.29, 0.717) is 23.8 Å². The first-order chi connectivity index (χ1) is 14.8. The quantitative estimate of drug-likeness (QED) is 0.404. The molecule has 5 rings (SSSR count). The monoisotopic (exact) mass is 418 g/mol. The van der Waals surface area contributed by atoms with Gasteiger partial charge in [-0.25, -0.2) is 4.98 Å². The van der Waals surface area contributed by atoms with Gasteiger partial charge in [0, 0.05) is 12.2 Å². The SMILES string of the molecule is CCN1C(=O)C(C)(C)c2cc3[nH]c(-c4[nH]ncc4NC(=O)c4cc(C)[nH]n4)nc3cc21. The number of likely N-dealkylation sites (N-methyl/N-ethyl adjacent to an activating group) is 1. The van der Waals surface area contributed by atoms with Crippen LogP contribution in [0.4, 0.5) is 11.4 Å². The van der Waals surface area contributed by atoms with E-state index < -0.39 is 5.41 Å². The molecular formula is C21H22N8O2. The van der Waals surface area contributed by atoms with Gasteiger partial charge in [-0.05, 0) is 51.5 Å². The van der Waals surface area contributed by atoms with E-state index in [2.05, 4.69) is 35.7 Å². The molecule has 1 aromatic carbocycles. The third kappa shape index (κ3) is 2.82. The number of rotatable bonds is 4. The molecule has 0 atom stereocenters. The number of H-pyrrole nitrogens is 3. The number of aromatic amines is 3. The topological polar surface area (TPSA) is 135 Å². The first kappa shape index (κ1) is 19.0. The van der Waals surface area contributed by atoms with Crippen LogP contribution in [-0.2, 0) is 10.2 Å². The van der Waals surface area contributed by atoms with Crippen molar-refractivity contribution >= 4 is 34.2 Å². The van der Waals surface area contributed by atoms with Crippen LogP contribution in [0.5, 0.6) is 0 Å². The van der Waals surface area contributed by atoms with E-state index in [-0.39, 0.29) is 17.5 Å². The van der Waals surface area contributed by atoms with Gasteiger partial charge in [0.15, 0.2) is 11.5 Å². The van der Waals surface area contributed by atoms with Crippen LogP contribution in [-0.4, -0.2) is 48.7 Å². The number of nitrogens with one attached hydrogen (secondary N) is 4. The number of hydrogen-bond acceptors (Lipinski definition) is 5. The average Bonchev–Trinajstić information content (AvgIpc) is 3.48. The summed E-state index contributed by atoms with van der Waals surface area (Å²) in [4.78, 5) is 35.0. The smallest absolute Gasteiger partial charge is 0.276 e. The van der Waals surface area contributed by atoms with E-state index in [4.69, 9.17) is 0 Å². The summed E-state index contributed by atoms with van der Waals surface area (Å²) in [5, 5.41) is 16.5. The summed E-state index contributed by atoms with van der Waals surface area (Å²) in [6.45, 7) is 8.26. The fourth-order valence-corrected chi connectivity index (χ4v) is 4.05. The molecule has 4 N–H and O–H groups in total. The minimum absolute atomic E-state index is 0.0880. The Morgan fingerprint density at radius 1 is 1.23 bits per heavy atom. The van der Waals surface area contributed by atoms with Crippen LogP contribution in [0.15, 0.2) is 24.4 Å². The third-order valence-corrected chi connectivity index (χ3v) is 5.72. The Morgan fingerprint density at radius 3 is 2.74 bits per heavy atom. The maximum Gasteiger partial charge on any atom is 0.276 e. The second kappa shape index (κ2) is 6.53. The molecule has 0 saturated heterocycles. The van der Waals surface area contributed by atoms with E-state index in [0.717, 1.165) is 28.0 Å². The molecule has 3 aromatic heterocycles. The van der Waals surface area contributed by atoms with Gasteiger partial charge in [-0.2, -0.15) is 10.2 Å². The lowest BCUT2D eigenvalue weighted by Gasteiger charge is -2.18. The van der Waals surface area contributed by atoms with Gasteiger partial charge in [-0.1, -0.05) is 0 Å². The van der Waals surface area contributed by atoms with Crippen molar-refractivity contribution in [3.63, 3.8) is 0 Å². The molecule has 0 saturated carbocycles. The second-order valence-electron chi connectivity index (χ2n) is 8.20. The Morgan fingerprint density at radius 2 is 2.03 bits per heavy atom. The van der Waals surface area contributed by atoms with E-state index in [1.54, 1.807) is 11.0 Å². The number of imidazole rings is 1. The van der Waals surface area contributed by atoms with Gasteiger partial charge in [-0.15, -0.1) is 0 Å². The van der Waals surface area contributed by atoms with Crippen molar-refractivity contribution < 1.29 is 9.59 Å². The zero-order chi connectivity index (χ0) is 21.9. The number of benzene rings is 1. The highest BCUT2D eigenvalue weighted by Gasteiger charge is 2.43. The molecular weight excluding hydrogens is 396 g/mol. The summed E-state index contributed by atoms with van der Waals surface area (Å²) in [7, 11) is 0. The average molecular weight is 418 g/mol. The summed E-state index contributed by atoms with van der Waals surface area (Å²) < 4.78 is 0. The second-order valence-corrected chi connectivity index (χ2v) is 8.20. The molecule has 0 spiro atoms. The molecule has 158 valence electrons. The number of hydrogen-bond donors (Lipinski definition) is 4. The standard InChI is InChI=1S/C21H22N8O2/c1-5-29-16-8-13-12(7-11(16)21(3,4)20(29)31)23-18(24-13)17-15(9-22-28-17)25-19(30)14-6-10(2)26-27-14/h6-9H,5H2,1-4H3,(H,22,28)(H,23,24)(H,25,30)(H,26,27). The van der Waals surface area contributed by atoms with Gasteiger partial charge in [-0.3, -0.25) is 19.8 Å². The van der Waals surface area contributed by atoms with E-state index in [1.807, 2.05) is 39.8 Å². The summed E-state index contributed by atoms with van der Waals surface area (Å²) in [6.07, 6.45) is 1.53. The van der Waals surface area contributed by atoms with Crippen LogP contribution in [0.2, 0.25) is 0 Å². The number of carbonyl (C=O) groups is 2. The van der Waals surface area contributed by atoms with Gasteiger partial charge in [0.1, 0.15) is 5.69 Å². The van der Waals surface area contributed by atoms with Gasteiger partial charge >= 0.3 is 0 Å². The molecule has 31 heavy (non-hydrogen) atoms. The Kier molecular flexibility index (Phi) is 4.01. The Balaban J connectivity index is 1.53. The molecule has 2 amide bonds. The summed E-state index contributed by atoms with van der Waals surface area (Å²) >= 11 is 0. The zero-order valence-electron chi connectivity index (χ0n) is 17.6. The zero-order valence-corrected chi connectivity index (χ0v) is 17.6. The minimum Gasteiger partial charge on any atom is -0.337 e. The van der Waals surface area contributed by atoms with Crippen molar-refractivity contribution in [2.75, 3.05) is 16.8 Å². The van der Waals surface area contributed by atoms with Crippen molar-refractivity contribution in [2.24, 2.45) is 0 Å². The lowest BCUT2D eigenvalue weighted by Crippen LogP contribution is -2.35. The van der Waals surface area contributed by atoms with Crippen molar-refractivity contribution in [2.45, 2.75) is 33.1 Å². The Hall–Kier alpha value is -3.95. The largest absolute Gasteiger partial charge is 0.337 e. The fourth-order valence-electron chi connectivity index (χ4n) is 4.05. The molecule has 0 unspecified atom stereocenters. The Labute approximate surface area is 177 Å². The van der Waals surface area contributed by atoms with Crippen molar-refractivity contribution in [3.8, 4) is 11.5 Å². The van der Waals surface area contributed by atoms with E-state index in [9.17, 15) is 9.59 Å². The molecule has 0 aliphatic carbocycles. The minimum atomic E-state index is -0.598. The van der Waals surface area contributed by atoms with Gasteiger partial charge in [0.25, 0.3) is 5.91 Å². The van der Waals surface area contributed by atoms with E-state index in [1.165, 1.54) is 6.20 Å². The number of anilines is 2. The van der Waals surface area contributed by atoms with Crippen molar-refractivity contribution in [3.05, 3.63) is 41.3 Å². The van der Waals surface area contributed by atoms with Crippen molar-refractivity contribution in [1.82, 2.24) is 30.4 Å². The van der Waals surface area contributed by atoms with Crippen LogP contribution < -0.4 is 10.2 Å². The lowest BCUT2D eigenvalue weighted by atomic mass is 9.86. The highest BCUT2D eigenvalue weighted by molar-refractivity contribution is 6.09. The molecule has 0 radical (unpaired) electrons. The predicted octanol–water partition coefficient (Wildman–Crippen LogP) is 2.88. The molecule has 1 aliphatic heterocycles. The normalized spacial score (nSPS) is 15.0. The summed E-state index contributed by atoms with van der Waals surface area (Å²) in [6, 6.07) is 5.58. The van der Waals surface area contributed by atoms with Crippen LogP contribution in [0, 0.1) is 6.92 Å². The molecule has 1 aliphatic rings. The maximum atomic E-state index is 12.8. The number of aryl methyl sites for hydroxylation is 1. The van der Waals surface area contributed by atoms with Crippen LogP contribution in [0.1, 0.15) is 42.5 Å². The number of amides is 2. The van der Waals surface area contributed by atoms with Crippen LogP contribution >= 0.6 is 0 Å². The molecule has 0 fully saturated rings. The molecule has 10 nitrogen and oxygen atoms in total. The molecule has 4 aromatic rings. The first-order valence-electron chi connectivity index (χ1n) is 10.0. The highest BCUT2D eigenvalue weighted by Crippen LogP contribution is 2.43. The number of fused-ring (bicyclic) bond motifs is 2. The predicted molar refractivity (Wildman–Crippen MR) is 116 cm³/mol. The van der Waals surface area contributed by atoms with Gasteiger partial charge < -0.3 is 15.2 Å². The first-order valence-corrected chi connectivity index (χ1v) is 10.0. The molecule has 0 bridgehead atoms. The number of nitrogens with zero attached hydrogens (tertiary/aromatic N) is 4. The highest BCUT2D eigenvalue weighted by atomic mass is 16.2. The van der Waals surface area contributed by atoms with E-state index >= 15 is 0 Å². The third-order valence-electron chi connectivity index (χ3n) is 5.72. The number of aromatic nitrogens is 6. The maximum absolute atomic E-state index is 12.8. The van der Waals surface area contributed by atoms with Gasteiger partial charge in [0.2, 0.25) is 5.91 Å². The number of carbonyl (C=O) groups excluding carboxylic acids is 2. The van der Waals surface area contributed by atoms with Crippen LogP contribution in [0.25, 0.3) is 22.6 Å². The van der Waals surface area contributed by atoms with Crippen molar-refractivity contribution in [1.29, 1.82) is 0 Å².